The smallest absolute Gasteiger partial charge is 0.0626 e. The molecule has 0 aliphatic carbocycles. The summed E-state index contributed by atoms with van der Waals surface area (Å²) in [6.45, 7) is 5.19. The molecule has 0 aliphatic heterocycles. The van der Waals surface area contributed by atoms with Gasteiger partial charge in [0.2, 0.25) is 0 Å². The lowest BCUT2D eigenvalue weighted by Crippen LogP contribution is -2.23. The van der Waals surface area contributed by atoms with Crippen LogP contribution in [-0.4, -0.2) is 11.7 Å². The molecule has 0 fully saturated rings. The lowest BCUT2D eigenvalue weighted by Gasteiger charge is -2.16. The van der Waals surface area contributed by atoms with Gasteiger partial charge in [-0.25, -0.2) is 0 Å². The summed E-state index contributed by atoms with van der Waals surface area (Å²) in [6.07, 6.45) is 0. The van der Waals surface area contributed by atoms with E-state index in [1.54, 1.807) is 0 Å². The van der Waals surface area contributed by atoms with E-state index in [1.807, 2.05) is 41.7 Å². The molecule has 2 aromatic rings. The highest BCUT2D eigenvalue weighted by atomic mass is 32.1. The summed E-state index contributed by atoms with van der Waals surface area (Å²) in [4.78, 5) is 2.69. The minimum Gasteiger partial charge on any atom is -0.394 e. The standard InChI is InChI=1S/C15H19NOS/c1-11-8-14(12(2)18-11)9-16-15(10-17)13-6-4-3-5-7-13/h3-8,15-17H,9-10H2,1-2H3/t15-/m0/s1. The van der Waals surface area contributed by atoms with E-state index in [2.05, 4.69) is 25.2 Å². The summed E-state index contributed by atoms with van der Waals surface area (Å²) >= 11 is 1.82. The molecule has 1 heterocycles. The SMILES string of the molecule is Cc1cc(CN[C@@H](CO)c2ccccc2)c(C)s1. The van der Waals surface area contributed by atoms with Gasteiger partial charge in [0.25, 0.3) is 0 Å². The summed E-state index contributed by atoms with van der Waals surface area (Å²) in [6, 6.07) is 12.3. The van der Waals surface area contributed by atoms with Gasteiger partial charge in [0.1, 0.15) is 0 Å². The van der Waals surface area contributed by atoms with E-state index >= 15 is 0 Å². The van der Waals surface area contributed by atoms with Crippen LogP contribution in [-0.2, 0) is 6.54 Å². The van der Waals surface area contributed by atoms with Gasteiger partial charge in [-0.3, -0.25) is 0 Å². The van der Waals surface area contributed by atoms with Crippen molar-refractivity contribution >= 4 is 11.3 Å². The molecule has 0 spiro atoms. The van der Waals surface area contributed by atoms with Crippen LogP contribution in [0.25, 0.3) is 0 Å². The van der Waals surface area contributed by atoms with Crippen LogP contribution in [0, 0.1) is 13.8 Å². The monoisotopic (exact) mass is 261 g/mol. The molecule has 0 saturated heterocycles. The second kappa shape index (κ2) is 6.14. The average molecular weight is 261 g/mol. The first kappa shape index (κ1) is 13.3. The molecule has 1 aromatic heterocycles. The number of hydrogen-bond acceptors (Lipinski definition) is 3. The second-order valence-electron chi connectivity index (χ2n) is 4.47. The quantitative estimate of drug-likeness (QED) is 0.866. The molecule has 0 bridgehead atoms. The van der Waals surface area contributed by atoms with Crippen LogP contribution >= 0.6 is 11.3 Å². The van der Waals surface area contributed by atoms with Crippen LogP contribution in [0.4, 0.5) is 0 Å². The number of aliphatic hydroxyl groups excluding tert-OH is 1. The van der Waals surface area contributed by atoms with Gasteiger partial charge in [-0.1, -0.05) is 30.3 Å². The van der Waals surface area contributed by atoms with Crippen molar-refractivity contribution in [1.82, 2.24) is 5.32 Å². The number of nitrogens with one attached hydrogen (secondary N) is 1. The third kappa shape index (κ3) is 3.19. The van der Waals surface area contributed by atoms with E-state index < -0.39 is 0 Å². The van der Waals surface area contributed by atoms with Crippen molar-refractivity contribution in [2.24, 2.45) is 0 Å². The Kier molecular flexibility index (Phi) is 4.53. The first-order valence-corrected chi connectivity index (χ1v) is 6.97. The second-order valence-corrected chi connectivity index (χ2v) is 5.93. The Labute approximate surface area is 112 Å². The lowest BCUT2D eigenvalue weighted by molar-refractivity contribution is 0.243. The molecule has 96 valence electrons. The van der Waals surface area contributed by atoms with Crippen molar-refractivity contribution in [2.45, 2.75) is 26.4 Å². The fraction of sp³-hybridized carbons (Fsp3) is 0.333. The third-order valence-electron chi connectivity index (χ3n) is 3.07. The Morgan fingerprint density at radius 3 is 2.50 bits per heavy atom. The van der Waals surface area contributed by atoms with Gasteiger partial charge in [-0.15, -0.1) is 11.3 Å². The number of rotatable bonds is 5. The summed E-state index contributed by atoms with van der Waals surface area (Å²) < 4.78 is 0. The number of thiophene rings is 1. The number of benzene rings is 1. The molecule has 0 aliphatic rings. The highest BCUT2D eigenvalue weighted by Crippen LogP contribution is 2.21. The van der Waals surface area contributed by atoms with Gasteiger partial charge in [0, 0.05) is 16.3 Å². The van der Waals surface area contributed by atoms with Crippen LogP contribution in [0.2, 0.25) is 0 Å². The highest BCUT2D eigenvalue weighted by Gasteiger charge is 2.10. The summed E-state index contributed by atoms with van der Waals surface area (Å²) in [7, 11) is 0. The van der Waals surface area contributed by atoms with E-state index in [0.717, 1.165) is 12.1 Å². The van der Waals surface area contributed by atoms with Crippen LogP contribution in [0.3, 0.4) is 0 Å². The molecule has 18 heavy (non-hydrogen) atoms. The zero-order valence-corrected chi connectivity index (χ0v) is 11.6. The van der Waals surface area contributed by atoms with Crippen molar-refractivity contribution in [3.05, 3.63) is 57.3 Å². The van der Waals surface area contributed by atoms with E-state index in [1.165, 1.54) is 15.3 Å². The summed E-state index contributed by atoms with van der Waals surface area (Å²) in [5.74, 6) is 0. The maximum Gasteiger partial charge on any atom is 0.0626 e. The highest BCUT2D eigenvalue weighted by molar-refractivity contribution is 7.12. The van der Waals surface area contributed by atoms with Gasteiger partial charge in [0.05, 0.1) is 12.6 Å². The Balaban J connectivity index is 2.02. The molecule has 0 saturated carbocycles. The van der Waals surface area contributed by atoms with Crippen molar-refractivity contribution in [2.75, 3.05) is 6.61 Å². The van der Waals surface area contributed by atoms with Gasteiger partial charge in [-0.2, -0.15) is 0 Å². The lowest BCUT2D eigenvalue weighted by atomic mass is 10.1. The predicted molar refractivity (Wildman–Crippen MR) is 76.9 cm³/mol. The van der Waals surface area contributed by atoms with Crippen molar-refractivity contribution in [1.29, 1.82) is 0 Å². The summed E-state index contributed by atoms with van der Waals surface area (Å²) in [5.41, 5.74) is 2.46. The zero-order chi connectivity index (χ0) is 13.0. The minimum atomic E-state index is 0.00538. The molecule has 2 N–H and O–H groups in total. The molecule has 0 radical (unpaired) electrons. The minimum absolute atomic E-state index is 0.00538. The molecule has 2 nitrogen and oxygen atoms in total. The predicted octanol–water partition coefficient (Wildman–Crippen LogP) is 3.19. The Bertz CT molecular complexity index is 492. The van der Waals surface area contributed by atoms with Crippen LogP contribution in [0.15, 0.2) is 36.4 Å². The average Bonchev–Trinajstić information content (AvgIpc) is 2.70. The summed E-state index contributed by atoms with van der Waals surface area (Å²) in [5, 5.41) is 12.9. The molecule has 3 heteroatoms. The van der Waals surface area contributed by atoms with E-state index in [9.17, 15) is 5.11 Å². The molecular weight excluding hydrogens is 242 g/mol. The van der Waals surface area contributed by atoms with Crippen LogP contribution < -0.4 is 5.32 Å². The van der Waals surface area contributed by atoms with Crippen molar-refractivity contribution in [3.8, 4) is 0 Å². The Morgan fingerprint density at radius 1 is 1.22 bits per heavy atom. The molecule has 1 aromatic carbocycles. The third-order valence-corrected chi connectivity index (χ3v) is 4.08. The Morgan fingerprint density at radius 2 is 1.94 bits per heavy atom. The van der Waals surface area contributed by atoms with Gasteiger partial charge >= 0.3 is 0 Å². The van der Waals surface area contributed by atoms with Gasteiger partial charge in [-0.05, 0) is 31.0 Å². The van der Waals surface area contributed by atoms with Crippen molar-refractivity contribution < 1.29 is 5.11 Å². The maximum absolute atomic E-state index is 9.47. The molecule has 0 unspecified atom stereocenters. The number of aryl methyl sites for hydroxylation is 2. The van der Waals surface area contributed by atoms with Gasteiger partial charge in [0.15, 0.2) is 0 Å². The fourth-order valence-corrected chi connectivity index (χ4v) is 3.01. The number of aliphatic hydroxyl groups is 1. The van der Waals surface area contributed by atoms with Gasteiger partial charge < -0.3 is 10.4 Å². The fourth-order valence-electron chi connectivity index (χ4n) is 2.07. The number of hydrogen-bond donors (Lipinski definition) is 2. The maximum atomic E-state index is 9.47. The Hall–Kier alpha value is -1.16. The largest absolute Gasteiger partial charge is 0.394 e. The topological polar surface area (TPSA) is 32.3 Å². The van der Waals surface area contributed by atoms with E-state index in [4.69, 9.17) is 0 Å². The normalized spacial score (nSPS) is 12.6. The van der Waals surface area contributed by atoms with Crippen molar-refractivity contribution in [3.63, 3.8) is 0 Å². The van der Waals surface area contributed by atoms with Crippen LogP contribution in [0.5, 0.6) is 0 Å². The first-order valence-electron chi connectivity index (χ1n) is 6.16. The van der Waals surface area contributed by atoms with E-state index in [0.29, 0.717) is 0 Å². The first-order chi connectivity index (χ1) is 8.70. The molecule has 1 atom stereocenters. The van der Waals surface area contributed by atoms with E-state index in [-0.39, 0.29) is 12.6 Å². The molecular formula is C15H19NOS. The molecule has 2 rings (SSSR count). The van der Waals surface area contributed by atoms with Crippen LogP contribution in [0.1, 0.15) is 26.9 Å². The zero-order valence-electron chi connectivity index (χ0n) is 10.8. The molecule has 0 amide bonds.